The molecule has 18 heavy (non-hydrogen) atoms. The van der Waals surface area contributed by atoms with Crippen LogP contribution in [0.15, 0.2) is 24.3 Å². The van der Waals surface area contributed by atoms with Gasteiger partial charge in [0.15, 0.2) is 0 Å². The van der Waals surface area contributed by atoms with E-state index in [1.54, 1.807) is 0 Å². The lowest BCUT2D eigenvalue weighted by molar-refractivity contribution is 0.0935. The summed E-state index contributed by atoms with van der Waals surface area (Å²) in [5.74, 6) is 2.33. The molecule has 3 N–H and O–H groups in total. The molecule has 5 heteroatoms. The molecular weight excluding hydrogens is 268 g/mol. The zero-order valence-corrected chi connectivity index (χ0v) is 11.9. The molecule has 1 aliphatic heterocycles. The van der Waals surface area contributed by atoms with Crippen LogP contribution >= 0.6 is 24.2 Å². The molecule has 0 spiro atoms. The Morgan fingerprint density at radius 3 is 2.44 bits per heavy atom. The maximum Gasteiger partial charge on any atom is 0.251 e. The van der Waals surface area contributed by atoms with E-state index in [1.807, 2.05) is 36.0 Å². The van der Waals surface area contributed by atoms with Crippen molar-refractivity contribution in [3.05, 3.63) is 35.4 Å². The molecule has 0 unspecified atom stereocenters. The third-order valence-electron chi connectivity index (χ3n) is 3.01. The van der Waals surface area contributed by atoms with Gasteiger partial charge in [0.1, 0.15) is 0 Å². The summed E-state index contributed by atoms with van der Waals surface area (Å²) in [4.78, 5) is 12.0. The molecule has 1 saturated heterocycles. The van der Waals surface area contributed by atoms with Crippen molar-refractivity contribution in [1.82, 2.24) is 5.32 Å². The van der Waals surface area contributed by atoms with E-state index in [9.17, 15) is 4.79 Å². The van der Waals surface area contributed by atoms with E-state index < -0.39 is 0 Å². The Labute approximate surface area is 118 Å². The van der Waals surface area contributed by atoms with E-state index in [1.165, 1.54) is 0 Å². The number of carbonyl (C=O) groups excluding carboxylic acids is 1. The van der Waals surface area contributed by atoms with Gasteiger partial charge < -0.3 is 11.1 Å². The molecule has 1 amide bonds. The lowest BCUT2D eigenvalue weighted by Gasteiger charge is -2.22. The Balaban J connectivity index is 0.00000162. The number of hydrogen-bond donors (Lipinski definition) is 2. The fourth-order valence-corrected chi connectivity index (χ4v) is 3.01. The fraction of sp³-hybridized carbons (Fsp3) is 0.462. The third kappa shape index (κ3) is 4.19. The lowest BCUT2D eigenvalue weighted by Crippen LogP contribution is -2.37. The van der Waals surface area contributed by atoms with E-state index in [0.29, 0.717) is 12.6 Å². The molecule has 0 saturated carbocycles. The smallest absolute Gasteiger partial charge is 0.251 e. The monoisotopic (exact) mass is 286 g/mol. The molecule has 0 bridgehead atoms. The largest absolute Gasteiger partial charge is 0.349 e. The molecule has 100 valence electrons. The van der Waals surface area contributed by atoms with Crippen molar-refractivity contribution >= 4 is 30.1 Å². The van der Waals surface area contributed by atoms with E-state index >= 15 is 0 Å². The Morgan fingerprint density at radius 2 is 1.89 bits per heavy atom. The van der Waals surface area contributed by atoms with Crippen molar-refractivity contribution in [3.63, 3.8) is 0 Å². The summed E-state index contributed by atoms with van der Waals surface area (Å²) in [6.45, 7) is 0.516. The van der Waals surface area contributed by atoms with Crippen molar-refractivity contribution in [3.8, 4) is 0 Å². The van der Waals surface area contributed by atoms with Crippen LogP contribution in [-0.4, -0.2) is 23.5 Å². The average Bonchev–Trinajstić information content (AvgIpc) is 2.40. The first-order valence-electron chi connectivity index (χ1n) is 5.97. The maximum atomic E-state index is 12.0. The van der Waals surface area contributed by atoms with Crippen LogP contribution in [0, 0.1) is 0 Å². The molecule has 1 fully saturated rings. The summed E-state index contributed by atoms with van der Waals surface area (Å²) in [7, 11) is 0. The van der Waals surface area contributed by atoms with Gasteiger partial charge in [0.2, 0.25) is 0 Å². The minimum absolute atomic E-state index is 0. The Bertz CT molecular complexity index is 377. The van der Waals surface area contributed by atoms with Gasteiger partial charge in [-0.1, -0.05) is 12.1 Å². The van der Waals surface area contributed by atoms with Gasteiger partial charge in [-0.2, -0.15) is 11.8 Å². The van der Waals surface area contributed by atoms with Crippen LogP contribution < -0.4 is 11.1 Å². The second kappa shape index (κ2) is 7.67. The van der Waals surface area contributed by atoms with Crippen molar-refractivity contribution < 1.29 is 4.79 Å². The average molecular weight is 287 g/mol. The van der Waals surface area contributed by atoms with E-state index in [0.717, 1.165) is 35.5 Å². The molecule has 1 aliphatic rings. The summed E-state index contributed by atoms with van der Waals surface area (Å²) in [5.41, 5.74) is 7.30. The zero-order chi connectivity index (χ0) is 12.1. The summed E-state index contributed by atoms with van der Waals surface area (Å²) >= 11 is 1.96. The number of nitrogens with two attached hydrogens (primary N) is 1. The van der Waals surface area contributed by atoms with Gasteiger partial charge in [-0.05, 0) is 42.0 Å². The molecule has 1 aromatic carbocycles. The maximum absolute atomic E-state index is 12.0. The molecular formula is C13H19ClN2OS. The molecule has 0 aromatic heterocycles. The minimum Gasteiger partial charge on any atom is -0.349 e. The highest BCUT2D eigenvalue weighted by Crippen LogP contribution is 2.17. The Hall–Kier alpha value is -0.710. The quantitative estimate of drug-likeness (QED) is 0.896. The van der Waals surface area contributed by atoms with Gasteiger partial charge in [0, 0.05) is 18.2 Å². The first-order valence-corrected chi connectivity index (χ1v) is 7.12. The first-order chi connectivity index (χ1) is 8.29. The van der Waals surface area contributed by atoms with Crippen molar-refractivity contribution in [1.29, 1.82) is 0 Å². The summed E-state index contributed by atoms with van der Waals surface area (Å²) in [6, 6.07) is 7.85. The Kier molecular flexibility index (Phi) is 6.54. The summed E-state index contributed by atoms with van der Waals surface area (Å²) in [5, 5.41) is 3.09. The van der Waals surface area contributed by atoms with Crippen molar-refractivity contribution in [2.45, 2.75) is 25.4 Å². The Morgan fingerprint density at radius 1 is 1.28 bits per heavy atom. The van der Waals surface area contributed by atoms with Gasteiger partial charge in [0.25, 0.3) is 5.91 Å². The van der Waals surface area contributed by atoms with Crippen molar-refractivity contribution in [2.24, 2.45) is 5.73 Å². The van der Waals surface area contributed by atoms with Gasteiger partial charge in [-0.15, -0.1) is 12.4 Å². The van der Waals surface area contributed by atoms with Crippen LogP contribution in [0.1, 0.15) is 28.8 Å². The van der Waals surface area contributed by atoms with Gasteiger partial charge in [-0.25, -0.2) is 0 Å². The summed E-state index contributed by atoms with van der Waals surface area (Å²) < 4.78 is 0. The predicted octanol–water partition coefficient (Wildman–Crippen LogP) is 2.19. The molecule has 0 atom stereocenters. The number of benzene rings is 1. The third-order valence-corrected chi connectivity index (χ3v) is 4.06. The first kappa shape index (κ1) is 15.3. The molecule has 1 heterocycles. The molecule has 1 aromatic rings. The second-order valence-electron chi connectivity index (χ2n) is 4.26. The van der Waals surface area contributed by atoms with E-state index in [2.05, 4.69) is 5.32 Å². The number of halogens is 1. The number of amides is 1. The van der Waals surface area contributed by atoms with Gasteiger partial charge in [0.05, 0.1) is 0 Å². The number of thioether (sulfide) groups is 1. The van der Waals surface area contributed by atoms with Crippen LogP contribution in [0.4, 0.5) is 0 Å². The van der Waals surface area contributed by atoms with E-state index in [4.69, 9.17) is 5.73 Å². The van der Waals surface area contributed by atoms with Gasteiger partial charge >= 0.3 is 0 Å². The van der Waals surface area contributed by atoms with Gasteiger partial charge in [-0.3, -0.25) is 4.79 Å². The van der Waals surface area contributed by atoms with Crippen LogP contribution in [0.5, 0.6) is 0 Å². The zero-order valence-electron chi connectivity index (χ0n) is 10.2. The topological polar surface area (TPSA) is 55.1 Å². The molecule has 3 nitrogen and oxygen atoms in total. The highest BCUT2D eigenvalue weighted by atomic mass is 35.5. The minimum atomic E-state index is 0. The van der Waals surface area contributed by atoms with Crippen LogP contribution in [-0.2, 0) is 6.54 Å². The second-order valence-corrected chi connectivity index (χ2v) is 5.49. The van der Waals surface area contributed by atoms with Crippen LogP contribution in [0.2, 0.25) is 0 Å². The van der Waals surface area contributed by atoms with Crippen molar-refractivity contribution in [2.75, 3.05) is 11.5 Å². The standard InChI is InChI=1S/C13H18N2OS.ClH/c14-9-10-1-3-11(4-2-10)13(16)15-12-5-7-17-8-6-12;/h1-4,12H,5-9,14H2,(H,15,16);1H. The highest BCUT2D eigenvalue weighted by molar-refractivity contribution is 7.99. The number of hydrogen-bond acceptors (Lipinski definition) is 3. The molecule has 0 radical (unpaired) electrons. The molecule has 0 aliphatic carbocycles. The SMILES string of the molecule is Cl.NCc1ccc(C(=O)NC2CCSCC2)cc1. The predicted molar refractivity (Wildman–Crippen MR) is 79.4 cm³/mol. The normalized spacial score (nSPS) is 15.8. The lowest BCUT2D eigenvalue weighted by atomic mass is 10.1. The van der Waals surface area contributed by atoms with Crippen LogP contribution in [0.3, 0.4) is 0 Å². The van der Waals surface area contributed by atoms with Crippen LogP contribution in [0.25, 0.3) is 0 Å². The fourth-order valence-electron chi connectivity index (χ4n) is 1.90. The highest BCUT2D eigenvalue weighted by Gasteiger charge is 2.16. The number of carbonyl (C=O) groups is 1. The van der Waals surface area contributed by atoms with E-state index in [-0.39, 0.29) is 18.3 Å². The number of nitrogens with one attached hydrogen (secondary N) is 1. The molecule has 2 rings (SSSR count). The number of rotatable bonds is 3. The summed E-state index contributed by atoms with van der Waals surface area (Å²) in [6.07, 6.45) is 2.16.